The van der Waals surface area contributed by atoms with Gasteiger partial charge < -0.3 is 25.4 Å². The van der Waals surface area contributed by atoms with Gasteiger partial charge in [0.15, 0.2) is 0 Å². The van der Waals surface area contributed by atoms with Crippen LogP contribution in [0.4, 0.5) is 11.6 Å². The molecule has 1 unspecified atom stereocenters. The van der Waals surface area contributed by atoms with Crippen LogP contribution in [-0.2, 0) is 4.74 Å². The molecular weight excluding hydrogens is 520 g/mol. The lowest BCUT2D eigenvalue weighted by molar-refractivity contribution is 0.0599. The van der Waals surface area contributed by atoms with E-state index >= 15 is 0 Å². The molecule has 208 valence electrons. The maximum absolute atomic E-state index is 13.2. The number of benzene rings is 3. The van der Waals surface area contributed by atoms with Crippen molar-refractivity contribution >= 4 is 29.2 Å². The molecule has 1 aliphatic heterocycles. The number of hydrogen-bond donors (Lipinski definition) is 3. The van der Waals surface area contributed by atoms with E-state index < -0.39 is 5.97 Å². The average Bonchev–Trinajstić information content (AvgIpc) is 3.01. The van der Waals surface area contributed by atoms with Crippen LogP contribution >= 0.6 is 0 Å². The highest BCUT2D eigenvalue weighted by molar-refractivity contribution is 6.16. The number of ether oxygens (including phenoxy) is 2. The van der Waals surface area contributed by atoms with Crippen molar-refractivity contribution in [2.45, 2.75) is 18.9 Å². The number of nitrogens with two attached hydrogens (primary N) is 1. The molecule has 4 aromatic rings. The van der Waals surface area contributed by atoms with E-state index in [4.69, 9.17) is 20.6 Å². The number of piperidine rings is 1. The predicted molar refractivity (Wildman–Crippen MR) is 156 cm³/mol. The van der Waals surface area contributed by atoms with Crippen LogP contribution in [0.1, 0.15) is 44.7 Å². The monoisotopic (exact) mass is 550 g/mol. The maximum Gasteiger partial charge on any atom is 0.337 e. The van der Waals surface area contributed by atoms with Gasteiger partial charge in [0, 0.05) is 30.3 Å². The van der Waals surface area contributed by atoms with Crippen molar-refractivity contribution in [1.82, 2.24) is 14.9 Å². The summed E-state index contributed by atoms with van der Waals surface area (Å²) >= 11 is 0. The van der Waals surface area contributed by atoms with Crippen molar-refractivity contribution in [2.24, 2.45) is 0 Å². The summed E-state index contributed by atoms with van der Waals surface area (Å²) in [5, 5.41) is 12.3. The van der Waals surface area contributed by atoms with Crippen molar-refractivity contribution in [1.29, 1.82) is 5.41 Å². The Kier molecular flexibility index (Phi) is 8.19. The maximum atomic E-state index is 13.2. The number of likely N-dealkylation sites (tertiary alicyclic amines) is 1. The highest BCUT2D eigenvalue weighted by atomic mass is 16.5. The van der Waals surface area contributed by atoms with Gasteiger partial charge in [-0.05, 0) is 73.5 Å². The largest absolute Gasteiger partial charge is 0.465 e. The van der Waals surface area contributed by atoms with Gasteiger partial charge in [0.1, 0.15) is 29.5 Å². The first-order valence-electron chi connectivity index (χ1n) is 13.2. The Morgan fingerprint density at radius 3 is 2.29 bits per heavy atom. The number of para-hydroxylation sites is 1. The number of carbonyl (C=O) groups excluding carboxylic acids is 2. The number of carbonyl (C=O) groups is 2. The van der Waals surface area contributed by atoms with Gasteiger partial charge in [0.2, 0.25) is 0 Å². The third kappa shape index (κ3) is 6.33. The van der Waals surface area contributed by atoms with Gasteiger partial charge in [0.05, 0.1) is 23.9 Å². The molecule has 0 spiro atoms. The molecule has 4 N–H and O–H groups in total. The molecular formula is C31H30N6O4. The Hall–Kier alpha value is -5.25. The number of nitrogens with zero attached hydrogens (tertiary/aromatic N) is 3. The second-order valence-corrected chi connectivity index (χ2v) is 9.60. The van der Waals surface area contributed by atoms with Crippen molar-refractivity contribution in [3.8, 4) is 11.5 Å². The number of nitrogens with one attached hydrogen (secondary N) is 2. The third-order valence-electron chi connectivity index (χ3n) is 6.85. The van der Waals surface area contributed by atoms with Gasteiger partial charge >= 0.3 is 5.97 Å². The molecule has 2 heterocycles. The molecule has 1 atom stereocenters. The van der Waals surface area contributed by atoms with E-state index in [2.05, 4.69) is 15.3 Å². The molecule has 0 saturated carbocycles. The number of rotatable bonds is 8. The van der Waals surface area contributed by atoms with Crippen LogP contribution in [0.3, 0.4) is 0 Å². The van der Waals surface area contributed by atoms with Crippen LogP contribution in [0.25, 0.3) is 0 Å². The summed E-state index contributed by atoms with van der Waals surface area (Å²) in [5.74, 6) is 1.42. The second kappa shape index (κ2) is 12.3. The van der Waals surface area contributed by atoms with Crippen molar-refractivity contribution in [2.75, 3.05) is 31.2 Å². The minimum absolute atomic E-state index is 0.107. The molecule has 1 fully saturated rings. The normalized spacial score (nSPS) is 14.7. The predicted octanol–water partition coefficient (Wildman–Crippen LogP) is 4.77. The first-order chi connectivity index (χ1) is 19.9. The highest BCUT2D eigenvalue weighted by Crippen LogP contribution is 2.27. The van der Waals surface area contributed by atoms with Gasteiger partial charge in [-0.25, -0.2) is 14.8 Å². The molecule has 41 heavy (non-hydrogen) atoms. The average molecular weight is 551 g/mol. The molecule has 10 nitrogen and oxygen atoms in total. The summed E-state index contributed by atoms with van der Waals surface area (Å²) in [6.07, 6.45) is 2.97. The number of amides is 1. The first-order valence-corrected chi connectivity index (χ1v) is 13.2. The summed E-state index contributed by atoms with van der Waals surface area (Å²) < 4.78 is 10.6. The van der Waals surface area contributed by atoms with E-state index in [9.17, 15) is 9.59 Å². The number of methoxy groups -OCH3 is 1. The van der Waals surface area contributed by atoms with E-state index in [1.165, 1.54) is 13.4 Å². The summed E-state index contributed by atoms with van der Waals surface area (Å²) in [6, 6.07) is 23.0. The smallest absolute Gasteiger partial charge is 0.337 e. The third-order valence-corrected chi connectivity index (χ3v) is 6.85. The summed E-state index contributed by atoms with van der Waals surface area (Å²) in [5.41, 5.74) is 8.31. The number of esters is 1. The van der Waals surface area contributed by atoms with Gasteiger partial charge in [-0.15, -0.1) is 0 Å². The molecule has 5 rings (SSSR count). The Labute approximate surface area is 237 Å². The molecule has 10 heteroatoms. The number of hydrogen-bond acceptors (Lipinski definition) is 9. The standard InChI is InChI=1S/C31H30N6O4/c1-40-31(39)22-11-9-21(10-12-22)30(38)37-17-5-6-23(18-37)36-29-26(28(33)34-19-35-29)27(32)20-13-15-25(16-14-20)41-24-7-3-2-4-8-24/h2-4,7-16,19,23,32H,5-6,17-18H2,1H3,(H3,33,34,35,36). The van der Waals surface area contributed by atoms with Crippen LogP contribution < -0.4 is 15.8 Å². The zero-order valence-corrected chi connectivity index (χ0v) is 22.5. The Morgan fingerprint density at radius 1 is 0.927 bits per heavy atom. The SMILES string of the molecule is COC(=O)c1ccc(C(=O)N2CCCC(Nc3ncnc(N)c3C(=N)c3ccc(Oc4ccccc4)cc3)C2)cc1. The van der Waals surface area contributed by atoms with Gasteiger partial charge in [-0.2, -0.15) is 0 Å². The van der Waals surface area contributed by atoms with Crippen molar-refractivity contribution < 1.29 is 19.1 Å². The van der Waals surface area contributed by atoms with Crippen LogP contribution in [0, 0.1) is 5.41 Å². The van der Waals surface area contributed by atoms with Crippen LogP contribution in [0.2, 0.25) is 0 Å². The first kappa shape index (κ1) is 27.3. The van der Waals surface area contributed by atoms with E-state index in [1.807, 2.05) is 30.3 Å². The summed E-state index contributed by atoms with van der Waals surface area (Å²) in [7, 11) is 1.32. The lowest BCUT2D eigenvalue weighted by Crippen LogP contribution is -2.45. The van der Waals surface area contributed by atoms with Gasteiger partial charge in [0.25, 0.3) is 5.91 Å². The van der Waals surface area contributed by atoms with E-state index in [-0.39, 0.29) is 23.5 Å². The van der Waals surface area contributed by atoms with E-state index in [0.29, 0.717) is 46.9 Å². The minimum atomic E-state index is -0.451. The van der Waals surface area contributed by atoms with Gasteiger partial charge in [-0.3, -0.25) is 10.2 Å². The Bertz CT molecular complexity index is 1540. The number of nitrogen functional groups attached to an aromatic ring is 1. The molecule has 3 aromatic carbocycles. The lowest BCUT2D eigenvalue weighted by atomic mass is 10.0. The Balaban J connectivity index is 1.28. The van der Waals surface area contributed by atoms with E-state index in [0.717, 1.165) is 18.6 Å². The summed E-state index contributed by atoms with van der Waals surface area (Å²) in [6.45, 7) is 1.06. The van der Waals surface area contributed by atoms with Crippen molar-refractivity contribution in [3.63, 3.8) is 0 Å². The quantitative estimate of drug-likeness (QED) is 0.210. The fraction of sp³-hybridized carbons (Fsp3) is 0.194. The minimum Gasteiger partial charge on any atom is -0.465 e. The number of aromatic nitrogens is 2. The molecule has 0 aliphatic carbocycles. The Morgan fingerprint density at radius 2 is 1.59 bits per heavy atom. The van der Waals surface area contributed by atoms with E-state index in [1.54, 1.807) is 53.4 Å². The molecule has 0 radical (unpaired) electrons. The molecule has 1 amide bonds. The topological polar surface area (TPSA) is 144 Å². The lowest BCUT2D eigenvalue weighted by Gasteiger charge is -2.34. The van der Waals surface area contributed by atoms with Crippen molar-refractivity contribution in [3.05, 3.63) is 107 Å². The fourth-order valence-corrected chi connectivity index (χ4v) is 4.74. The number of anilines is 2. The molecule has 1 saturated heterocycles. The fourth-order valence-electron chi connectivity index (χ4n) is 4.74. The van der Waals surface area contributed by atoms with Crippen LogP contribution in [0.5, 0.6) is 11.5 Å². The molecule has 1 aromatic heterocycles. The molecule has 1 aliphatic rings. The molecule has 0 bridgehead atoms. The zero-order chi connectivity index (χ0) is 28.8. The summed E-state index contributed by atoms with van der Waals surface area (Å²) in [4.78, 5) is 35.2. The highest BCUT2D eigenvalue weighted by Gasteiger charge is 2.26. The zero-order valence-electron chi connectivity index (χ0n) is 22.5. The van der Waals surface area contributed by atoms with Crippen LogP contribution in [0.15, 0.2) is 85.2 Å². The van der Waals surface area contributed by atoms with Gasteiger partial charge in [-0.1, -0.05) is 18.2 Å². The second-order valence-electron chi connectivity index (χ2n) is 9.60. The van der Waals surface area contributed by atoms with Crippen LogP contribution in [-0.4, -0.2) is 58.7 Å².